The molecule has 0 saturated carbocycles. The Balaban J connectivity index is 1.89. The molecule has 0 amide bonds. The van der Waals surface area contributed by atoms with Gasteiger partial charge in [0.2, 0.25) is 0 Å². The van der Waals surface area contributed by atoms with Crippen LogP contribution in [0.25, 0.3) is 0 Å². The predicted molar refractivity (Wildman–Crippen MR) is 77.5 cm³/mol. The maximum Gasteiger partial charge on any atom is 0.0936 e. The molecule has 4 atom stereocenters. The second kappa shape index (κ2) is 7.58. The molecule has 2 aliphatic rings. The summed E-state index contributed by atoms with van der Waals surface area (Å²) in [4.78, 5) is 2.62. The first kappa shape index (κ1) is 15.2. The van der Waals surface area contributed by atoms with Gasteiger partial charge in [-0.05, 0) is 12.3 Å². The first-order chi connectivity index (χ1) is 9.24. The molecule has 112 valence electrons. The summed E-state index contributed by atoms with van der Waals surface area (Å²) in [5.41, 5.74) is 0. The lowest BCUT2D eigenvalue weighted by molar-refractivity contribution is -0.104. The quantitative estimate of drug-likeness (QED) is 0.821. The van der Waals surface area contributed by atoms with Gasteiger partial charge in [0.05, 0.1) is 25.9 Å². The molecule has 0 aromatic carbocycles. The van der Waals surface area contributed by atoms with Crippen LogP contribution in [0.1, 0.15) is 33.6 Å². The zero-order valence-corrected chi connectivity index (χ0v) is 12.7. The van der Waals surface area contributed by atoms with Gasteiger partial charge in [0, 0.05) is 31.7 Å². The van der Waals surface area contributed by atoms with E-state index in [1.54, 1.807) is 0 Å². The van der Waals surface area contributed by atoms with Crippen molar-refractivity contribution in [2.24, 2.45) is 5.92 Å². The lowest BCUT2D eigenvalue weighted by atomic mass is 9.94. The van der Waals surface area contributed by atoms with Crippen molar-refractivity contribution in [3.63, 3.8) is 0 Å². The van der Waals surface area contributed by atoms with Gasteiger partial charge in [-0.15, -0.1) is 0 Å². The minimum atomic E-state index is 0.262. The second-order valence-electron chi connectivity index (χ2n) is 5.98. The van der Waals surface area contributed by atoms with Crippen molar-refractivity contribution in [1.82, 2.24) is 10.2 Å². The van der Waals surface area contributed by atoms with Gasteiger partial charge in [-0.2, -0.15) is 0 Å². The van der Waals surface area contributed by atoms with Crippen LogP contribution in [0.5, 0.6) is 0 Å². The monoisotopic (exact) mass is 270 g/mol. The molecule has 0 aromatic heterocycles. The van der Waals surface area contributed by atoms with Crippen molar-refractivity contribution in [1.29, 1.82) is 0 Å². The highest BCUT2D eigenvalue weighted by Gasteiger charge is 2.31. The van der Waals surface area contributed by atoms with Crippen LogP contribution in [0.15, 0.2) is 0 Å². The molecule has 2 fully saturated rings. The number of nitrogens with one attached hydrogen (secondary N) is 1. The predicted octanol–water partition coefficient (Wildman–Crippen LogP) is 1.50. The maximum absolute atomic E-state index is 5.81. The molecule has 19 heavy (non-hydrogen) atoms. The molecule has 2 rings (SSSR count). The Kier molecular flexibility index (Phi) is 6.07. The fraction of sp³-hybridized carbons (Fsp3) is 1.00. The van der Waals surface area contributed by atoms with Crippen LogP contribution < -0.4 is 5.32 Å². The molecule has 4 nitrogen and oxygen atoms in total. The van der Waals surface area contributed by atoms with Crippen molar-refractivity contribution in [3.8, 4) is 0 Å². The Morgan fingerprint density at radius 2 is 2.16 bits per heavy atom. The molecule has 4 heteroatoms. The number of hydrogen-bond acceptors (Lipinski definition) is 4. The topological polar surface area (TPSA) is 33.7 Å². The first-order valence-corrected chi connectivity index (χ1v) is 7.91. The van der Waals surface area contributed by atoms with Gasteiger partial charge in [-0.3, -0.25) is 4.90 Å². The Hall–Kier alpha value is -0.160. The second-order valence-corrected chi connectivity index (χ2v) is 5.98. The molecule has 0 aromatic rings. The van der Waals surface area contributed by atoms with Gasteiger partial charge in [0.1, 0.15) is 0 Å². The lowest BCUT2D eigenvalue weighted by Crippen LogP contribution is -2.60. The summed E-state index contributed by atoms with van der Waals surface area (Å²) >= 11 is 0. The highest BCUT2D eigenvalue weighted by Crippen LogP contribution is 2.18. The maximum atomic E-state index is 5.81. The molecule has 2 heterocycles. The normalized spacial score (nSPS) is 35.2. The minimum Gasteiger partial charge on any atom is -0.376 e. The van der Waals surface area contributed by atoms with E-state index in [-0.39, 0.29) is 6.10 Å². The van der Waals surface area contributed by atoms with E-state index in [9.17, 15) is 0 Å². The summed E-state index contributed by atoms with van der Waals surface area (Å²) < 4.78 is 11.3. The number of piperazine rings is 1. The molecule has 2 aliphatic heterocycles. The van der Waals surface area contributed by atoms with Gasteiger partial charge < -0.3 is 14.8 Å². The van der Waals surface area contributed by atoms with Crippen molar-refractivity contribution >= 4 is 0 Å². The standard InChI is InChI=1S/C15H30N2O2/c1-4-12(3)15-10-17(13(5-2)8-16-15)9-14-11-18-6-7-19-14/h12-16H,4-11H2,1-3H3. The zero-order chi connectivity index (χ0) is 13.7. The van der Waals surface area contributed by atoms with E-state index in [2.05, 4.69) is 31.0 Å². The Morgan fingerprint density at radius 3 is 2.79 bits per heavy atom. The zero-order valence-electron chi connectivity index (χ0n) is 12.7. The number of rotatable bonds is 5. The molecule has 0 bridgehead atoms. The van der Waals surface area contributed by atoms with Crippen LogP contribution in [0.2, 0.25) is 0 Å². The Labute approximate surface area is 117 Å². The van der Waals surface area contributed by atoms with E-state index in [0.29, 0.717) is 12.1 Å². The fourth-order valence-electron chi connectivity index (χ4n) is 3.08. The molecular weight excluding hydrogens is 240 g/mol. The molecule has 2 saturated heterocycles. The highest BCUT2D eigenvalue weighted by molar-refractivity contribution is 4.89. The van der Waals surface area contributed by atoms with E-state index >= 15 is 0 Å². The molecule has 0 spiro atoms. The lowest BCUT2D eigenvalue weighted by Gasteiger charge is -2.43. The molecule has 1 N–H and O–H groups in total. The van der Waals surface area contributed by atoms with Crippen molar-refractivity contribution in [2.75, 3.05) is 39.5 Å². The number of nitrogens with zero attached hydrogens (tertiary/aromatic N) is 1. The van der Waals surface area contributed by atoms with Gasteiger partial charge in [-0.25, -0.2) is 0 Å². The van der Waals surface area contributed by atoms with Gasteiger partial charge >= 0.3 is 0 Å². The third kappa shape index (κ3) is 4.15. The number of hydrogen-bond donors (Lipinski definition) is 1. The van der Waals surface area contributed by atoms with Crippen molar-refractivity contribution in [3.05, 3.63) is 0 Å². The van der Waals surface area contributed by atoms with E-state index in [4.69, 9.17) is 9.47 Å². The largest absolute Gasteiger partial charge is 0.376 e. The summed E-state index contributed by atoms with van der Waals surface area (Å²) in [6.45, 7) is 12.4. The third-order valence-electron chi connectivity index (χ3n) is 4.69. The smallest absolute Gasteiger partial charge is 0.0936 e. The van der Waals surface area contributed by atoms with E-state index in [1.165, 1.54) is 12.8 Å². The fourth-order valence-corrected chi connectivity index (χ4v) is 3.08. The highest BCUT2D eigenvalue weighted by atomic mass is 16.6. The van der Waals surface area contributed by atoms with Crippen molar-refractivity contribution in [2.45, 2.75) is 51.8 Å². The molecule has 0 aliphatic carbocycles. The SMILES string of the molecule is CCC(C)C1CN(CC2COCCO2)C(CC)CN1. The molecular formula is C15H30N2O2. The van der Waals surface area contributed by atoms with E-state index in [1.807, 2.05) is 0 Å². The van der Waals surface area contributed by atoms with Gasteiger partial charge in [0.25, 0.3) is 0 Å². The first-order valence-electron chi connectivity index (χ1n) is 7.91. The van der Waals surface area contributed by atoms with Gasteiger partial charge in [-0.1, -0.05) is 27.2 Å². The summed E-state index contributed by atoms with van der Waals surface area (Å²) in [6, 6.07) is 1.27. The van der Waals surface area contributed by atoms with Crippen LogP contribution in [-0.4, -0.2) is 62.5 Å². The summed E-state index contributed by atoms with van der Waals surface area (Å²) in [5, 5.41) is 3.72. The van der Waals surface area contributed by atoms with Crippen LogP contribution in [0.3, 0.4) is 0 Å². The van der Waals surface area contributed by atoms with E-state index < -0.39 is 0 Å². The van der Waals surface area contributed by atoms with Crippen LogP contribution in [0, 0.1) is 5.92 Å². The number of ether oxygens (including phenoxy) is 2. The average molecular weight is 270 g/mol. The summed E-state index contributed by atoms with van der Waals surface area (Å²) in [6.07, 6.45) is 2.71. The summed E-state index contributed by atoms with van der Waals surface area (Å²) in [5.74, 6) is 0.740. The van der Waals surface area contributed by atoms with Crippen LogP contribution in [0.4, 0.5) is 0 Å². The Bertz CT molecular complexity index is 255. The van der Waals surface area contributed by atoms with E-state index in [0.717, 1.165) is 45.4 Å². The third-order valence-corrected chi connectivity index (χ3v) is 4.69. The van der Waals surface area contributed by atoms with Crippen LogP contribution in [-0.2, 0) is 9.47 Å². The minimum absolute atomic E-state index is 0.262. The average Bonchev–Trinajstić information content (AvgIpc) is 2.47. The van der Waals surface area contributed by atoms with Crippen LogP contribution >= 0.6 is 0 Å². The Morgan fingerprint density at radius 1 is 1.32 bits per heavy atom. The summed E-state index contributed by atoms with van der Waals surface area (Å²) in [7, 11) is 0. The molecule has 4 unspecified atom stereocenters. The van der Waals surface area contributed by atoms with Gasteiger partial charge in [0.15, 0.2) is 0 Å². The molecule has 0 radical (unpaired) electrons. The van der Waals surface area contributed by atoms with Crippen molar-refractivity contribution < 1.29 is 9.47 Å².